The predicted molar refractivity (Wildman–Crippen MR) is 91.7 cm³/mol. The molecule has 0 aromatic heterocycles. The molecule has 0 saturated heterocycles. The van der Waals surface area contributed by atoms with E-state index in [4.69, 9.17) is 5.73 Å². The van der Waals surface area contributed by atoms with Crippen molar-refractivity contribution in [2.45, 2.75) is 18.4 Å². The number of rotatable bonds is 4. The monoisotopic (exact) mass is 432 g/mol. The lowest BCUT2D eigenvalue weighted by Gasteiger charge is -2.13. The van der Waals surface area contributed by atoms with Crippen LogP contribution in [-0.2, 0) is 16.6 Å². The highest BCUT2D eigenvalue weighted by atomic mass is 79.9. The molecular weight excluding hydrogens is 420 g/mol. The first-order valence-electron chi connectivity index (χ1n) is 6.11. The van der Waals surface area contributed by atoms with Crippen LogP contribution in [0.1, 0.15) is 11.1 Å². The van der Waals surface area contributed by atoms with Crippen molar-refractivity contribution in [1.82, 2.24) is 0 Å². The van der Waals surface area contributed by atoms with Crippen LogP contribution in [0.5, 0.6) is 0 Å². The molecule has 0 radical (unpaired) electrons. The lowest BCUT2D eigenvalue weighted by Crippen LogP contribution is -2.15. The van der Waals surface area contributed by atoms with E-state index in [2.05, 4.69) is 36.6 Å². The molecule has 2 rings (SSSR count). The molecule has 2 aromatic carbocycles. The first-order chi connectivity index (χ1) is 9.83. The van der Waals surface area contributed by atoms with Crippen LogP contribution < -0.4 is 10.5 Å². The van der Waals surface area contributed by atoms with Gasteiger partial charge in [-0.25, -0.2) is 8.42 Å². The lowest BCUT2D eigenvalue weighted by molar-refractivity contribution is 0.600. The van der Waals surface area contributed by atoms with Crippen molar-refractivity contribution in [2.24, 2.45) is 5.73 Å². The normalized spacial score (nSPS) is 11.4. The minimum absolute atomic E-state index is 0.186. The molecule has 0 unspecified atom stereocenters. The Hall–Kier alpha value is -0.890. The molecule has 0 fully saturated rings. The molecule has 0 spiro atoms. The van der Waals surface area contributed by atoms with E-state index < -0.39 is 10.0 Å². The fourth-order valence-electron chi connectivity index (χ4n) is 1.85. The van der Waals surface area contributed by atoms with Crippen molar-refractivity contribution in [3.05, 3.63) is 56.5 Å². The molecule has 0 aliphatic rings. The molecule has 0 bridgehead atoms. The maximum Gasteiger partial charge on any atom is 0.263 e. The second-order valence-corrected chi connectivity index (χ2v) is 7.90. The van der Waals surface area contributed by atoms with E-state index in [0.717, 1.165) is 15.6 Å². The van der Waals surface area contributed by atoms with Crippen LogP contribution in [0.2, 0.25) is 0 Å². The van der Waals surface area contributed by atoms with Crippen molar-refractivity contribution >= 4 is 47.6 Å². The number of nitrogens with one attached hydrogen (secondary N) is 1. The van der Waals surface area contributed by atoms with Crippen LogP contribution in [0.25, 0.3) is 0 Å². The Bertz CT molecular complexity index is 759. The van der Waals surface area contributed by atoms with Gasteiger partial charge in [-0.1, -0.05) is 22.0 Å². The summed E-state index contributed by atoms with van der Waals surface area (Å²) in [6.07, 6.45) is 0. The standard InChI is InChI=1S/C14H14Br2N2O2S/c1-9-6-10(8-17)7-13(14(9)16)21(19,20)18-12-4-2-11(15)3-5-12/h2-7,18H,8,17H2,1H3. The summed E-state index contributed by atoms with van der Waals surface area (Å²) in [4.78, 5) is 0.186. The zero-order valence-electron chi connectivity index (χ0n) is 11.2. The van der Waals surface area contributed by atoms with Crippen molar-refractivity contribution in [3.63, 3.8) is 0 Å². The number of nitrogens with two attached hydrogens (primary N) is 1. The molecule has 3 N–H and O–H groups in total. The van der Waals surface area contributed by atoms with Crippen molar-refractivity contribution < 1.29 is 8.42 Å². The second kappa shape index (κ2) is 6.48. The smallest absolute Gasteiger partial charge is 0.263 e. The van der Waals surface area contributed by atoms with E-state index in [0.29, 0.717) is 10.2 Å². The average molecular weight is 434 g/mol. The summed E-state index contributed by atoms with van der Waals surface area (Å²) in [7, 11) is -3.68. The van der Waals surface area contributed by atoms with E-state index in [9.17, 15) is 8.42 Å². The van der Waals surface area contributed by atoms with E-state index >= 15 is 0 Å². The first-order valence-corrected chi connectivity index (χ1v) is 9.18. The summed E-state index contributed by atoms with van der Waals surface area (Å²) < 4.78 is 29.1. The van der Waals surface area contributed by atoms with E-state index in [1.54, 1.807) is 30.3 Å². The Balaban J connectivity index is 2.44. The van der Waals surface area contributed by atoms with E-state index in [1.807, 2.05) is 13.0 Å². The maximum atomic E-state index is 12.5. The Kier molecular flexibility index (Phi) is 5.08. The summed E-state index contributed by atoms with van der Waals surface area (Å²) in [5, 5.41) is 0. The Morgan fingerprint density at radius 3 is 2.33 bits per heavy atom. The van der Waals surface area contributed by atoms with Crippen LogP contribution in [0.15, 0.2) is 50.2 Å². The average Bonchev–Trinajstić information content (AvgIpc) is 2.43. The Labute approximate surface area is 141 Å². The number of benzene rings is 2. The number of halogens is 2. The lowest BCUT2D eigenvalue weighted by atomic mass is 10.1. The van der Waals surface area contributed by atoms with Gasteiger partial charge in [0.1, 0.15) is 4.90 Å². The number of hydrogen-bond donors (Lipinski definition) is 2. The highest BCUT2D eigenvalue weighted by molar-refractivity contribution is 9.10. The summed E-state index contributed by atoms with van der Waals surface area (Å²) in [5.74, 6) is 0. The third kappa shape index (κ3) is 3.85. The fourth-order valence-corrected chi connectivity index (χ4v) is 4.24. The summed E-state index contributed by atoms with van der Waals surface area (Å²) in [6, 6.07) is 10.4. The van der Waals surface area contributed by atoms with Gasteiger partial charge in [-0.3, -0.25) is 4.72 Å². The summed E-state index contributed by atoms with van der Waals surface area (Å²) in [5.41, 5.74) is 7.71. The molecule has 21 heavy (non-hydrogen) atoms. The number of anilines is 1. The predicted octanol–water partition coefficient (Wildman–Crippen LogP) is 3.78. The van der Waals surface area contributed by atoms with Crippen LogP contribution >= 0.6 is 31.9 Å². The minimum Gasteiger partial charge on any atom is -0.326 e. The van der Waals surface area contributed by atoms with Gasteiger partial charge in [0.05, 0.1) is 0 Å². The Morgan fingerprint density at radius 1 is 1.14 bits per heavy atom. The molecular formula is C14H14Br2N2O2S. The van der Waals surface area contributed by atoms with Crippen molar-refractivity contribution in [2.75, 3.05) is 4.72 Å². The molecule has 4 nitrogen and oxygen atoms in total. The van der Waals surface area contributed by atoms with Gasteiger partial charge in [0.15, 0.2) is 0 Å². The number of hydrogen-bond acceptors (Lipinski definition) is 3. The Morgan fingerprint density at radius 2 is 1.76 bits per heavy atom. The largest absolute Gasteiger partial charge is 0.326 e. The van der Waals surface area contributed by atoms with Crippen LogP contribution in [0, 0.1) is 6.92 Å². The molecule has 112 valence electrons. The first kappa shape index (κ1) is 16.5. The van der Waals surface area contributed by atoms with Gasteiger partial charge in [0.25, 0.3) is 10.0 Å². The molecule has 0 amide bonds. The molecule has 0 heterocycles. The molecule has 2 aromatic rings. The third-order valence-corrected chi connectivity index (χ3v) is 6.15. The number of aryl methyl sites for hydroxylation is 1. The molecule has 7 heteroatoms. The van der Waals surface area contributed by atoms with E-state index in [1.165, 1.54) is 0 Å². The van der Waals surface area contributed by atoms with Gasteiger partial charge in [0, 0.05) is 21.2 Å². The van der Waals surface area contributed by atoms with Gasteiger partial charge >= 0.3 is 0 Å². The highest BCUT2D eigenvalue weighted by Crippen LogP contribution is 2.29. The molecule has 0 aliphatic carbocycles. The molecule has 0 saturated carbocycles. The van der Waals surface area contributed by atoms with Gasteiger partial charge in [0.2, 0.25) is 0 Å². The van der Waals surface area contributed by atoms with Crippen molar-refractivity contribution in [1.29, 1.82) is 0 Å². The van der Waals surface area contributed by atoms with Crippen molar-refractivity contribution in [3.8, 4) is 0 Å². The topological polar surface area (TPSA) is 72.2 Å². The molecule has 0 aliphatic heterocycles. The van der Waals surface area contributed by atoms with Gasteiger partial charge < -0.3 is 5.73 Å². The van der Waals surface area contributed by atoms with Gasteiger partial charge in [-0.05, 0) is 64.3 Å². The number of sulfonamides is 1. The quantitative estimate of drug-likeness (QED) is 0.770. The highest BCUT2D eigenvalue weighted by Gasteiger charge is 2.20. The third-order valence-electron chi connectivity index (χ3n) is 2.90. The van der Waals surface area contributed by atoms with Crippen LogP contribution in [-0.4, -0.2) is 8.42 Å². The maximum absolute atomic E-state index is 12.5. The van der Waals surface area contributed by atoms with Crippen LogP contribution in [0.3, 0.4) is 0 Å². The fraction of sp³-hybridized carbons (Fsp3) is 0.143. The second-order valence-electron chi connectivity index (χ2n) is 4.54. The summed E-state index contributed by atoms with van der Waals surface area (Å²) >= 11 is 6.65. The van der Waals surface area contributed by atoms with Gasteiger partial charge in [-0.15, -0.1) is 0 Å². The van der Waals surface area contributed by atoms with Gasteiger partial charge in [-0.2, -0.15) is 0 Å². The molecule has 0 atom stereocenters. The zero-order chi connectivity index (χ0) is 15.6. The van der Waals surface area contributed by atoms with Crippen LogP contribution in [0.4, 0.5) is 5.69 Å². The zero-order valence-corrected chi connectivity index (χ0v) is 15.2. The SMILES string of the molecule is Cc1cc(CN)cc(S(=O)(=O)Nc2ccc(Br)cc2)c1Br. The van der Waals surface area contributed by atoms with E-state index in [-0.39, 0.29) is 11.4 Å². The summed E-state index contributed by atoms with van der Waals surface area (Å²) in [6.45, 7) is 2.12. The minimum atomic E-state index is -3.68.